The lowest BCUT2D eigenvalue weighted by Gasteiger charge is -2.34. The molecule has 0 fully saturated rings. The zero-order valence-corrected chi connectivity index (χ0v) is 12.4. The Balaban J connectivity index is 2.79. The quantitative estimate of drug-likeness (QED) is 0.884. The smallest absolute Gasteiger partial charge is 0.0885 e. The molecule has 1 aromatic rings. The molecule has 2 atom stereocenters. The van der Waals surface area contributed by atoms with Crippen LogP contribution in [0.2, 0.25) is 5.02 Å². The van der Waals surface area contributed by atoms with Crippen LogP contribution in [0.3, 0.4) is 0 Å². The summed E-state index contributed by atoms with van der Waals surface area (Å²) in [5.74, 6) is 0. The first-order chi connectivity index (χ1) is 8.36. The van der Waals surface area contributed by atoms with E-state index in [-0.39, 0.29) is 11.5 Å². The Morgan fingerprint density at radius 3 is 2.39 bits per heavy atom. The topological polar surface area (TPSA) is 29.5 Å². The molecule has 0 aromatic heterocycles. The molecule has 102 valence electrons. The second kappa shape index (κ2) is 6.55. The number of halogens is 1. The van der Waals surface area contributed by atoms with E-state index in [4.69, 9.17) is 16.3 Å². The molecule has 0 amide bonds. The lowest BCUT2D eigenvalue weighted by Crippen LogP contribution is -2.41. The van der Waals surface area contributed by atoms with E-state index in [1.165, 1.54) is 0 Å². The molecule has 0 radical (unpaired) electrons. The minimum atomic E-state index is -0.551. The van der Waals surface area contributed by atoms with Crippen molar-refractivity contribution in [3.63, 3.8) is 0 Å². The number of hydrogen-bond donors (Lipinski definition) is 1. The second-order valence-corrected chi connectivity index (χ2v) is 6.01. The van der Waals surface area contributed by atoms with Crippen LogP contribution in [0.5, 0.6) is 0 Å². The van der Waals surface area contributed by atoms with E-state index in [1.54, 1.807) is 0 Å². The first-order valence-corrected chi connectivity index (χ1v) is 6.77. The van der Waals surface area contributed by atoms with Gasteiger partial charge in [0.2, 0.25) is 0 Å². The predicted molar refractivity (Wildman–Crippen MR) is 76.0 cm³/mol. The minimum Gasteiger partial charge on any atom is -0.390 e. The first kappa shape index (κ1) is 15.5. The number of aliphatic hydroxyl groups excluding tert-OH is 1. The number of rotatable bonds is 5. The summed E-state index contributed by atoms with van der Waals surface area (Å²) in [4.78, 5) is 0. The zero-order chi connectivity index (χ0) is 13.8. The van der Waals surface area contributed by atoms with Gasteiger partial charge in [-0.2, -0.15) is 0 Å². The van der Waals surface area contributed by atoms with Crippen molar-refractivity contribution in [2.24, 2.45) is 5.41 Å². The summed E-state index contributed by atoms with van der Waals surface area (Å²) >= 11 is 6.11. The SMILES string of the molecule is CCOC(C(O)Cc1ccccc1Cl)C(C)(C)C. The van der Waals surface area contributed by atoms with Crippen LogP contribution in [-0.4, -0.2) is 23.9 Å². The molecule has 0 aliphatic carbocycles. The molecule has 18 heavy (non-hydrogen) atoms. The summed E-state index contributed by atoms with van der Waals surface area (Å²) in [6, 6.07) is 7.61. The molecule has 1 N–H and O–H groups in total. The van der Waals surface area contributed by atoms with E-state index in [9.17, 15) is 5.11 Å². The van der Waals surface area contributed by atoms with Crippen molar-refractivity contribution in [3.05, 3.63) is 34.9 Å². The minimum absolute atomic E-state index is 0.101. The van der Waals surface area contributed by atoms with E-state index in [1.807, 2.05) is 31.2 Å². The summed E-state index contributed by atoms with van der Waals surface area (Å²) < 4.78 is 5.69. The number of hydrogen-bond acceptors (Lipinski definition) is 2. The van der Waals surface area contributed by atoms with Gasteiger partial charge in [-0.1, -0.05) is 50.6 Å². The Morgan fingerprint density at radius 1 is 1.28 bits per heavy atom. The highest BCUT2D eigenvalue weighted by Crippen LogP contribution is 2.28. The fourth-order valence-corrected chi connectivity index (χ4v) is 2.33. The average molecular weight is 271 g/mol. The third-order valence-electron chi connectivity index (χ3n) is 2.94. The molecule has 0 heterocycles. The maximum Gasteiger partial charge on any atom is 0.0885 e. The van der Waals surface area contributed by atoms with Gasteiger partial charge in [0.05, 0.1) is 12.2 Å². The fourth-order valence-electron chi connectivity index (χ4n) is 2.11. The summed E-state index contributed by atoms with van der Waals surface area (Å²) in [6.45, 7) is 8.76. The predicted octanol–water partition coefficient (Wildman–Crippen LogP) is 3.69. The Labute approximate surface area is 115 Å². The lowest BCUT2D eigenvalue weighted by molar-refractivity contribution is -0.0873. The highest BCUT2D eigenvalue weighted by atomic mass is 35.5. The first-order valence-electron chi connectivity index (χ1n) is 6.39. The van der Waals surface area contributed by atoms with Gasteiger partial charge in [0, 0.05) is 18.1 Å². The monoisotopic (exact) mass is 270 g/mol. The number of benzene rings is 1. The van der Waals surface area contributed by atoms with Crippen LogP contribution >= 0.6 is 11.6 Å². The van der Waals surface area contributed by atoms with Gasteiger partial charge >= 0.3 is 0 Å². The Hall–Kier alpha value is -0.570. The van der Waals surface area contributed by atoms with Gasteiger partial charge in [-0.3, -0.25) is 0 Å². The molecule has 0 bridgehead atoms. The second-order valence-electron chi connectivity index (χ2n) is 5.60. The van der Waals surface area contributed by atoms with Gasteiger partial charge in [0.1, 0.15) is 0 Å². The van der Waals surface area contributed by atoms with Crippen LogP contribution in [-0.2, 0) is 11.2 Å². The molecule has 0 aliphatic rings. The van der Waals surface area contributed by atoms with Crippen molar-refractivity contribution < 1.29 is 9.84 Å². The van der Waals surface area contributed by atoms with Crippen LogP contribution in [0.1, 0.15) is 33.3 Å². The van der Waals surface area contributed by atoms with E-state index >= 15 is 0 Å². The largest absolute Gasteiger partial charge is 0.390 e. The molecule has 0 aliphatic heterocycles. The molecular weight excluding hydrogens is 248 g/mol. The van der Waals surface area contributed by atoms with Gasteiger partial charge in [0.15, 0.2) is 0 Å². The zero-order valence-electron chi connectivity index (χ0n) is 11.6. The summed E-state index contributed by atoms with van der Waals surface area (Å²) in [5, 5.41) is 11.1. The van der Waals surface area contributed by atoms with Gasteiger partial charge in [0.25, 0.3) is 0 Å². The number of ether oxygens (including phenoxy) is 1. The van der Waals surface area contributed by atoms with Gasteiger partial charge < -0.3 is 9.84 Å². The van der Waals surface area contributed by atoms with E-state index in [0.29, 0.717) is 18.1 Å². The van der Waals surface area contributed by atoms with Crippen molar-refractivity contribution in [3.8, 4) is 0 Å². The van der Waals surface area contributed by atoms with Crippen molar-refractivity contribution in [2.45, 2.75) is 46.3 Å². The van der Waals surface area contributed by atoms with Gasteiger partial charge in [-0.05, 0) is 24.0 Å². The summed E-state index contributed by atoms with van der Waals surface area (Å²) in [6.07, 6.45) is -0.231. The lowest BCUT2D eigenvalue weighted by atomic mass is 9.83. The molecule has 0 spiro atoms. The molecule has 2 unspecified atom stereocenters. The molecular formula is C15H23ClO2. The Bertz CT molecular complexity index is 371. The highest BCUT2D eigenvalue weighted by molar-refractivity contribution is 6.31. The summed E-state index contributed by atoms with van der Waals surface area (Å²) in [7, 11) is 0. The molecule has 0 saturated carbocycles. The van der Waals surface area contributed by atoms with Crippen molar-refractivity contribution in [1.82, 2.24) is 0 Å². The van der Waals surface area contributed by atoms with Crippen LogP contribution < -0.4 is 0 Å². The Kier molecular flexibility index (Phi) is 5.64. The van der Waals surface area contributed by atoms with Gasteiger partial charge in [-0.15, -0.1) is 0 Å². The maximum atomic E-state index is 10.4. The third-order valence-corrected chi connectivity index (χ3v) is 3.30. The third kappa shape index (κ3) is 4.27. The van der Waals surface area contributed by atoms with Gasteiger partial charge in [-0.25, -0.2) is 0 Å². The van der Waals surface area contributed by atoms with E-state index < -0.39 is 6.10 Å². The number of aliphatic hydroxyl groups is 1. The van der Waals surface area contributed by atoms with Crippen molar-refractivity contribution in [2.75, 3.05) is 6.61 Å². The van der Waals surface area contributed by atoms with Crippen molar-refractivity contribution in [1.29, 1.82) is 0 Å². The van der Waals surface area contributed by atoms with Crippen LogP contribution in [0.4, 0.5) is 0 Å². The molecule has 1 rings (SSSR count). The molecule has 2 nitrogen and oxygen atoms in total. The van der Waals surface area contributed by atoms with E-state index in [0.717, 1.165) is 5.56 Å². The normalized spacial score (nSPS) is 15.4. The van der Waals surface area contributed by atoms with Crippen LogP contribution in [0, 0.1) is 5.41 Å². The van der Waals surface area contributed by atoms with Crippen LogP contribution in [0.15, 0.2) is 24.3 Å². The Morgan fingerprint density at radius 2 is 1.89 bits per heavy atom. The maximum absolute atomic E-state index is 10.4. The van der Waals surface area contributed by atoms with Crippen LogP contribution in [0.25, 0.3) is 0 Å². The fraction of sp³-hybridized carbons (Fsp3) is 0.600. The van der Waals surface area contributed by atoms with E-state index in [2.05, 4.69) is 20.8 Å². The highest BCUT2D eigenvalue weighted by Gasteiger charge is 2.32. The molecule has 1 aromatic carbocycles. The molecule has 0 saturated heterocycles. The average Bonchev–Trinajstić information content (AvgIpc) is 2.27. The molecule has 3 heteroatoms. The standard InChI is InChI=1S/C15H23ClO2/c1-5-18-14(15(2,3)4)13(17)10-11-8-6-7-9-12(11)16/h6-9,13-14,17H,5,10H2,1-4H3. The van der Waals surface area contributed by atoms with Crippen molar-refractivity contribution >= 4 is 11.6 Å². The summed E-state index contributed by atoms with van der Waals surface area (Å²) in [5.41, 5.74) is 0.858.